The molecule has 0 saturated carbocycles. The number of hydrogen-bond donors (Lipinski definition) is 1. The molecule has 2 aromatic rings. The molecule has 0 radical (unpaired) electrons. The van der Waals surface area contributed by atoms with Crippen LogP contribution in [0.2, 0.25) is 5.02 Å². The monoisotopic (exact) mass is 369 g/mol. The molecule has 2 N–H and O–H groups in total. The highest BCUT2D eigenvalue weighted by Gasteiger charge is 2.15. The van der Waals surface area contributed by atoms with Crippen LogP contribution < -0.4 is 10.5 Å². The molecule has 6 heteroatoms. The van der Waals surface area contributed by atoms with Crippen LogP contribution in [0.1, 0.15) is 10.4 Å². The Labute approximate surface area is 135 Å². The maximum Gasteiger partial charge on any atom is 0.341 e. The predicted octanol–water partition coefficient (Wildman–Crippen LogP) is 3.92. The Morgan fingerprint density at radius 1 is 1.14 bits per heavy atom. The van der Waals surface area contributed by atoms with Crippen LogP contribution in [0.4, 0.5) is 5.69 Å². The molecule has 2 rings (SSSR count). The lowest BCUT2D eigenvalue weighted by atomic mass is 10.2. The zero-order chi connectivity index (χ0) is 15.2. The van der Waals surface area contributed by atoms with Crippen LogP contribution in [0.3, 0.4) is 0 Å². The minimum Gasteiger partial charge on any atom is -0.490 e. The van der Waals surface area contributed by atoms with E-state index in [0.29, 0.717) is 11.4 Å². The Balaban J connectivity index is 1.83. The first-order chi connectivity index (χ1) is 10.1. The number of ether oxygens (including phenoxy) is 2. The van der Waals surface area contributed by atoms with Gasteiger partial charge in [0, 0.05) is 10.2 Å². The highest BCUT2D eigenvalue weighted by Crippen LogP contribution is 2.22. The van der Waals surface area contributed by atoms with Gasteiger partial charge in [-0.05, 0) is 36.4 Å². The number of carbonyl (C=O) groups excluding carboxylic acids is 1. The molecular weight excluding hydrogens is 358 g/mol. The van der Waals surface area contributed by atoms with Crippen LogP contribution in [0.5, 0.6) is 5.75 Å². The molecule has 110 valence electrons. The summed E-state index contributed by atoms with van der Waals surface area (Å²) in [4.78, 5) is 11.9. The minimum absolute atomic E-state index is 0.111. The fraction of sp³-hybridized carbons (Fsp3) is 0.133. The van der Waals surface area contributed by atoms with E-state index in [1.54, 1.807) is 18.2 Å². The van der Waals surface area contributed by atoms with E-state index in [2.05, 4.69) is 15.9 Å². The van der Waals surface area contributed by atoms with Crippen molar-refractivity contribution in [3.63, 3.8) is 0 Å². The van der Waals surface area contributed by atoms with Crippen molar-refractivity contribution in [1.82, 2.24) is 0 Å². The Morgan fingerprint density at radius 3 is 2.52 bits per heavy atom. The first-order valence-electron chi connectivity index (χ1n) is 6.17. The number of rotatable bonds is 5. The summed E-state index contributed by atoms with van der Waals surface area (Å²) in [5.41, 5.74) is 6.19. The van der Waals surface area contributed by atoms with Gasteiger partial charge in [-0.2, -0.15) is 0 Å². The summed E-state index contributed by atoms with van der Waals surface area (Å²) in [5.74, 6) is 0.143. The molecule has 0 amide bonds. The summed E-state index contributed by atoms with van der Waals surface area (Å²) in [6.07, 6.45) is 0. The number of esters is 1. The second kappa shape index (κ2) is 7.33. The molecular formula is C15H13BrClNO3. The highest BCUT2D eigenvalue weighted by atomic mass is 79.9. The van der Waals surface area contributed by atoms with Crippen molar-refractivity contribution >= 4 is 39.2 Å². The molecule has 0 spiro atoms. The lowest BCUT2D eigenvalue weighted by Crippen LogP contribution is -2.14. The summed E-state index contributed by atoms with van der Waals surface area (Å²) < 4.78 is 11.5. The lowest BCUT2D eigenvalue weighted by molar-refractivity contribution is 0.0452. The fourth-order valence-electron chi connectivity index (χ4n) is 1.65. The summed E-state index contributed by atoms with van der Waals surface area (Å²) in [6.45, 7) is 0.358. The largest absolute Gasteiger partial charge is 0.490 e. The van der Waals surface area contributed by atoms with Crippen LogP contribution >= 0.6 is 27.5 Å². The molecule has 0 aliphatic rings. The van der Waals surface area contributed by atoms with E-state index >= 15 is 0 Å². The van der Waals surface area contributed by atoms with E-state index < -0.39 is 5.97 Å². The third kappa shape index (κ3) is 4.37. The van der Waals surface area contributed by atoms with Crippen LogP contribution in [0.15, 0.2) is 46.9 Å². The Morgan fingerprint density at radius 2 is 1.86 bits per heavy atom. The van der Waals surface area contributed by atoms with Crippen molar-refractivity contribution < 1.29 is 14.3 Å². The van der Waals surface area contributed by atoms with Crippen molar-refractivity contribution in [3.8, 4) is 5.75 Å². The summed E-state index contributed by atoms with van der Waals surface area (Å²) in [5, 5.41) is 0.272. The second-order valence-corrected chi connectivity index (χ2v) is 5.47. The number of benzene rings is 2. The van der Waals surface area contributed by atoms with E-state index in [9.17, 15) is 4.79 Å². The van der Waals surface area contributed by atoms with Gasteiger partial charge in [-0.25, -0.2) is 4.79 Å². The highest BCUT2D eigenvalue weighted by molar-refractivity contribution is 9.10. The zero-order valence-corrected chi connectivity index (χ0v) is 13.4. The van der Waals surface area contributed by atoms with Crippen LogP contribution in [0.25, 0.3) is 0 Å². The van der Waals surface area contributed by atoms with Gasteiger partial charge < -0.3 is 15.2 Å². The average Bonchev–Trinajstić information content (AvgIpc) is 2.45. The number of nitrogen functional groups attached to an aromatic ring is 1. The van der Waals surface area contributed by atoms with Gasteiger partial charge >= 0.3 is 5.97 Å². The van der Waals surface area contributed by atoms with Crippen LogP contribution in [-0.4, -0.2) is 19.2 Å². The van der Waals surface area contributed by atoms with Crippen molar-refractivity contribution in [2.45, 2.75) is 0 Å². The number of hydrogen-bond acceptors (Lipinski definition) is 4. The van der Waals surface area contributed by atoms with Gasteiger partial charge in [-0.3, -0.25) is 0 Å². The summed E-state index contributed by atoms with van der Waals surface area (Å²) >= 11 is 9.27. The topological polar surface area (TPSA) is 61.6 Å². The molecule has 2 aromatic carbocycles. The lowest BCUT2D eigenvalue weighted by Gasteiger charge is -2.09. The quantitative estimate of drug-likeness (QED) is 0.492. The Bertz CT molecular complexity index is 611. The van der Waals surface area contributed by atoms with Gasteiger partial charge in [0.1, 0.15) is 24.5 Å². The molecule has 4 nitrogen and oxygen atoms in total. The third-order valence-corrected chi connectivity index (χ3v) is 3.49. The van der Waals surface area contributed by atoms with E-state index in [4.69, 9.17) is 26.8 Å². The fourth-order valence-corrected chi connectivity index (χ4v) is 2.18. The van der Waals surface area contributed by atoms with Crippen LogP contribution in [-0.2, 0) is 4.74 Å². The predicted molar refractivity (Wildman–Crippen MR) is 85.8 cm³/mol. The van der Waals surface area contributed by atoms with Gasteiger partial charge in [0.15, 0.2) is 0 Å². The molecule has 0 atom stereocenters. The summed E-state index contributed by atoms with van der Waals surface area (Å²) in [7, 11) is 0. The van der Waals surface area contributed by atoms with Crippen molar-refractivity contribution in [3.05, 3.63) is 57.5 Å². The van der Waals surface area contributed by atoms with Gasteiger partial charge in [0.2, 0.25) is 0 Å². The summed E-state index contributed by atoms with van der Waals surface area (Å²) in [6, 6.07) is 12.2. The molecule has 0 unspecified atom stereocenters. The second-order valence-electron chi connectivity index (χ2n) is 4.14. The number of nitrogens with two attached hydrogens (primary N) is 1. The van der Waals surface area contributed by atoms with Gasteiger partial charge in [0.05, 0.1) is 5.02 Å². The molecule has 0 aliphatic heterocycles. The molecule has 0 heterocycles. The first-order valence-corrected chi connectivity index (χ1v) is 7.34. The van der Waals surface area contributed by atoms with E-state index in [0.717, 1.165) is 4.47 Å². The SMILES string of the molecule is Nc1cccc(Cl)c1C(=O)OCCOc1ccc(Br)cc1. The average molecular weight is 371 g/mol. The first kappa shape index (κ1) is 15.7. The third-order valence-electron chi connectivity index (χ3n) is 2.65. The maximum atomic E-state index is 11.9. The minimum atomic E-state index is -0.558. The molecule has 0 saturated heterocycles. The Kier molecular flexibility index (Phi) is 5.47. The Hall–Kier alpha value is -1.72. The van der Waals surface area contributed by atoms with Crippen molar-refractivity contribution in [2.75, 3.05) is 18.9 Å². The zero-order valence-electron chi connectivity index (χ0n) is 11.0. The molecule has 0 aromatic heterocycles. The van der Waals surface area contributed by atoms with E-state index in [1.807, 2.05) is 24.3 Å². The van der Waals surface area contributed by atoms with Gasteiger partial charge in [-0.15, -0.1) is 0 Å². The number of anilines is 1. The maximum absolute atomic E-state index is 11.9. The van der Waals surface area contributed by atoms with Crippen molar-refractivity contribution in [1.29, 1.82) is 0 Å². The van der Waals surface area contributed by atoms with Gasteiger partial charge in [-0.1, -0.05) is 33.6 Å². The smallest absolute Gasteiger partial charge is 0.341 e. The standard InChI is InChI=1S/C15H13BrClNO3/c16-10-4-6-11(7-5-10)20-8-9-21-15(19)14-12(17)2-1-3-13(14)18/h1-7H,8-9,18H2. The molecule has 0 fully saturated rings. The van der Waals surface area contributed by atoms with Crippen LogP contribution in [0, 0.1) is 0 Å². The van der Waals surface area contributed by atoms with E-state index in [-0.39, 0.29) is 23.8 Å². The van der Waals surface area contributed by atoms with Crippen molar-refractivity contribution in [2.24, 2.45) is 0 Å². The number of halogens is 2. The molecule has 0 aliphatic carbocycles. The number of carbonyl (C=O) groups is 1. The molecule has 0 bridgehead atoms. The molecule has 21 heavy (non-hydrogen) atoms. The van der Waals surface area contributed by atoms with Gasteiger partial charge in [0.25, 0.3) is 0 Å². The normalized spacial score (nSPS) is 10.2. The van der Waals surface area contributed by atoms with E-state index in [1.165, 1.54) is 0 Å².